The number of aromatic carboxylic acids is 1. The maximum absolute atomic E-state index is 13.0. The SMILES string of the molecule is CCN1CCN(c2ccc(C(=O)O)cc2NS(=O)(=O)c2ccccc2C)CC1.O=C(O)C(F)(F)F. The van der Waals surface area contributed by atoms with Crippen LogP contribution >= 0.6 is 0 Å². The number of carboxylic acids is 2. The number of sulfonamides is 1. The molecule has 0 bridgehead atoms. The van der Waals surface area contributed by atoms with E-state index in [0.29, 0.717) is 11.3 Å². The number of aryl methyl sites for hydroxylation is 1. The molecule has 0 saturated carbocycles. The molecule has 0 amide bonds. The summed E-state index contributed by atoms with van der Waals surface area (Å²) < 4.78 is 60.3. The lowest BCUT2D eigenvalue weighted by atomic mass is 10.1. The van der Waals surface area contributed by atoms with E-state index >= 15 is 0 Å². The van der Waals surface area contributed by atoms with Gasteiger partial charge < -0.3 is 20.0 Å². The van der Waals surface area contributed by atoms with Gasteiger partial charge in [0.25, 0.3) is 10.0 Å². The largest absolute Gasteiger partial charge is 0.490 e. The quantitative estimate of drug-likeness (QED) is 0.533. The van der Waals surface area contributed by atoms with Crippen molar-refractivity contribution in [3.63, 3.8) is 0 Å². The number of likely N-dealkylation sites (N-methyl/N-ethyl adjacent to an activating group) is 1. The molecular weight excluding hydrogens is 491 g/mol. The van der Waals surface area contributed by atoms with Gasteiger partial charge in [0.15, 0.2) is 0 Å². The second-order valence-electron chi connectivity index (χ2n) is 7.63. The summed E-state index contributed by atoms with van der Waals surface area (Å²) in [5.41, 5.74) is 1.65. The highest BCUT2D eigenvalue weighted by Gasteiger charge is 2.38. The van der Waals surface area contributed by atoms with Crippen molar-refractivity contribution in [1.82, 2.24) is 4.90 Å². The summed E-state index contributed by atoms with van der Waals surface area (Å²) in [6, 6.07) is 11.3. The Morgan fingerprint density at radius 3 is 2.09 bits per heavy atom. The van der Waals surface area contributed by atoms with Crippen molar-refractivity contribution in [2.24, 2.45) is 0 Å². The van der Waals surface area contributed by atoms with Crippen LogP contribution in [0.1, 0.15) is 22.8 Å². The average molecular weight is 518 g/mol. The molecule has 2 aromatic carbocycles. The normalized spacial score (nSPS) is 14.6. The van der Waals surface area contributed by atoms with Crippen molar-refractivity contribution < 1.29 is 41.4 Å². The Morgan fingerprint density at radius 2 is 1.60 bits per heavy atom. The lowest BCUT2D eigenvalue weighted by molar-refractivity contribution is -0.192. The van der Waals surface area contributed by atoms with Crippen LogP contribution in [0.25, 0.3) is 0 Å². The van der Waals surface area contributed by atoms with Crippen LogP contribution in [0.5, 0.6) is 0 Å². The van der Waals surface area contributed by atoms with E-state index in [2.05, 4.69) is 21.4 Å². The zero-order valence-corrected chi connectivity index (χ0v) is 19.9. The minimum absolute atomic E-state index is 0.0402. The van der Waals surface area contributed by atoms with Gasteiger partial charge in [-0.2, -0.15) is 13.2 Å². The first-order valence-electron chi connectivity index (χ1n) is 10.5. The topological polar surface area (TPSA) is 127 Å². The predicted molar refractivity (Wildman–Crippen MR) is 123 cm³/mol. The Labute approximate surface area is 200 Å². The molecule has 13 heteroatoms. The Kier molecular flexibility index (Phi) is 9.10. The number of piperazine rings is 1. The number of carbonyl (C=O) groups is 2. The van der Waals surface area contributed by atoms with Crippen LogP contribution in [0, 0.1) is 6.92 Å². The fourth-order valence-corrected chi connectivity index (χ4v) is 4.70. The molecule has 2 aromatic rings. The Hall–Kier alpha value is -3.32. The number of halogens is 3. The molecule has 1 fully saturated rings. The summed E-state index contributed by atoms with van der Waals surface area (Å²) in [6.07, 6.45) is -5.08. The zero-order chi connectivity index (χ0) is 26.4. The van der Waals surface area contributed by atoms with Gasteiger partial charge in [0.05, 0.1) is 21.8 Å². The lowest BCUT2D eigenvalue weighted by Crippen LogP contribution is -2.46. The first-order chi connectivity index (χ1) is 16.3. The summed E-state index contributed by atoms with van der Waals surface area (Å²) >= 11 is 0. The van der Waals surface area contributed by atoms with E-state index in [1.54, 1.807) is 37.3 Å². The van der Waals surface area contributed by atoms with E-state index in [1.165, 1.54) is 12.1 Å². The van der Waals surface area contributed by atoms with Gasteiger partial charge in [0.1, 0.15) is 0 Å². The summed E-state index contributed by atoms with van der Waals surface area (Å²) in [6.45, 7) is 8.06. The van der Waals surface area contributed by atoms with E-state index < -0.39 is 28.1 Å². The second-order valence-corrected chi connectivity index (χ2v) is 9.28. The van der Waals surface area contributed by atoms with E-state index in [-0.39, 0.29) is 16.1 Å². The van der Waals surface area contributed by atoms with E-state index in [1.807, 2.05) is 0 Å². The Balaban J connectivity index is 0.000000540. The number of alkyl halides is 3. The standard InChI is InChI=1S/C20H25N3O4S.C2HF3O2/c1-3-22-10-12-23(13-11-22)18-9-8-16(20(24)25)14-17(18)21-28(26,27)19-7-5-4-6-15(19)2;3-2(4,5)1(6)7/h4-9,14,21H,3,10-13H2,1-2H3,(H,24,25);(H,6,7). The highest BCUT2D eigenvalue weighted by molar-refractivity contribution is 7.92. The van der Waals surface area contributed by atoms with Crippen molar-refractivity contribution in [1.29, 1.82) is 0 Å². The van der Waals surface area contributed by atoms with Crippen LogP contribution < -0.4 is 9.62 Å². The first-order valence-corrected chi connectivity index (χ1v) is 12.0. The van der Waals surface area contributed by atoms with E-state index in [4.69, 9.17) is 9.90 Å². The molecule has 192 valence electrons. The molecule has 35 heavy (non-hydrogen) atoms. The molecule has 1 heterocycles. The molecule has 0 spiro atoms. The molecule has 1 saturated heterocycles. The van der Waals surface area contributed by atoms with Crippen LogP contribution in [-0.4, -0.2) is 74.4 Å². The van der Waals surface area contributed by atoms with Gasteiger partial charge in [0, 0.05) is 26.2 Å². The van der Waals surface area contributed by atoms with Gasteiger partial charge in [0.2, 0.25) is 0 Å². The highest BCUT2D eigenvalue weighted by atomic mass is 32.2. The van der Waals surface area contributed by atoms with Gasteiger partial charge in [-0.25, -0.2) is 18.0 Å². The van der Waals surface area contributed by atoms with E-state index in [0.717, 1.165) is 32.7 Å². The number of nitrogens with one attached hydrogen (secondary N) is 1. The second kappa shape index (κ2) is 11.4. The molecule has 0 atom stereocenters. The lowest BCUT2D eigenvalue weighted by Gasteiger charge is -2.36. The number of rotatable bonds is 6. The van der Waals surface area contributed by atoms with Crippen molar-refractivity contribution in [3.05, 3.63) is 53.6 Å². The summed E-state index contributed by atoms with van der Waals surface area (Å²) in [4.78, 5) is 24.9. The fourth-order valence-electron chi connectivity index (χ4n) is 3.39. The third-order valence-corrected chi connectivity index (χ3v) is 6.80. The first kappa shape index (κ1) is 27.9. The summed E-state index contributed by atoms with van der Waals surface area (Å²) in [7, 11) is -3.84. The van der Waals surface area contributed by atoms with Gasteiger partial charge in [-0.15, -0.1) is 0 Å². The highest BCUT2D eigenvalue weighted by Crippen LogP contribution is 2.31. The van der Waals surface area contributed by atoms with Gasteiger partial charge in [-0.05, 0) is 43.3 Å². The fraction of sp³-hybridized carbons (Fsp3) is 0.364. The third kappa shape index (κ3) is 7.59. The molecule has 0 radical (unpaired) electrons. The van der Waals surface area contributed by atoms with Crippen molar-refractivity contribution in [3.8, 4) is 0 Å². The Bertz CT molecular complexity index is 1160. The molecule has 9 nitrogen and oxygen atoms in total. The maximum Gasteiger partial charge on any atom is 0.490 e. The number of hydrogen-bond donors (Lipinski definition) is 3. The molecule has 0 aromatic heterocycles. The molecule has 1 aliphatic heterocycles. The van der Waals surface area contributed by atoms with Gasteiger partial charge in [-0.3, -0.25) is 4.72 Å². The van der Waals surface area contributed by atoms with E-state index in [9.17, 15) is 31.5 Å². The predicted octanol–water partition coefficient (Wildman–Crippen LogP) is 3.27. The summed E-state index contributed by atoms with van der Waals surface area (Å²) in [5.74, 6) is -3.86. The molecular formula is C22H26F3N3O6S. The van der Waals surface area contributed by atoms with Crippen LogP contribution in [0.2, 0.25) is 0 Å². The number of aliphatic carboxylic acids is 1. The summed E-state index contributed by atoms with van der Waals surface area (Å²) in [5, 5.41) is 16.5. The monoisotopic (exact) mass is 517 g/mol. The smallest absolute Gasteiger partial charge is 0.478 e. The number of anilines is 2. The average Bonchev–Trinajstić information content (AvgIpc) is 2.79. The minimum atomic E-state index is -5.08. The molecule has 3 N–H and O–H groups in total. The molecule has 0 aliphatic carbocycles. The van der Waals surface area contributed by atoms with Crippen molar-refractivity contribution in [2.75, 3.05) is 42.3 Å². The molecule has 3 rings (SSSR count). The number of hydrogen-bond acceptors (Lipinski definition) is 6. The minimum Gasteiger partial charge on any atom is -0.478 e. The maximum atomic E-state index is 13.0. The Morgan fingerprint density at radius 1 is 1.03 bits per heavy atom. The van der Waals surface area contributed by atoms with Crippen molar-refractivity contribution >= 4 is 33.3 Å². The van der Waals surface area contributed by atoms with Crippen LogP contribution in [-0.2, 0) is 14.8 Å². The van der Waals surface area contributed by atoms with Gasteiger partial charge >= 0.3 is 18.1 Å². The number of nitrogens with zero attached hydrogens (tertiary/aromatic N) is 2. The van der Waals surface area contributed by atoms with Crippen LogP contribution in [0.15, 0.2) is 47.4 Å². The molecule has 1 aliphatic rings. The van der Waals surface area contributed by atoms with Crippen molar-refractivity contribution in [2.45, 2.75) is 24.9 Å². The number of carboxylic acid groups (broad SMARTS) is 2. The third-order valence-electron chi connectivity index (χ3n) is 5.27. The van der Waals surface area contributed by atoms with Crippen LogP contribution in [0.4, 0.5) is 24.5 Å². The van der Waals surface area contributed by atoms with Gasteiger partial charge in [-0.1, -0.05) is 25.1 Å². The number of benzene rings is 2. The van der Waals surface area contributed by atoms with Crippen LogP contribution in [0.3, 0.4) is 0 Å². The molecule has 0 unspecified atom stereocenters. The zero-order valence-electron chi connectivity index (χ0n) is 19.0.